The molecular formula is C17H20N4O8. The quantitative estimate of drug-likeness (QED) is 0.346. The molecular weight excluding hydrogens is 388 g/mol. The number of nitrogens with one attached hydrogen (secondary N) is 1. The van der Waals surface area contributed by atoms with E-state index >= 15 is 0 Å². The van der Waals surface area contributed by atoms with Gasteiger partial charge in [-0.25, -0.2) is 4.79 Å². The van der Waals surface area contributed by atoms with E-state index in [1.165, 1.54) is 0 Å². The average Bonchev–Trinajstić information content (AvgIpc) is 2.84. The van der Waals surface area contributed by atoms with Gasteiger partial charge < -0.3 is 10.2 Å². The average molecular weight is 408 g/mol. The monoisotopic (exact) mass is 408 g/mol. The maximum atomic E-state index is 11.9. The molecule has 12 heteroatoms. The zero-order valence-corrected chi connectivity index (χ0v) is 15.9. The minimum Gasteiger partial charge on any atom is -0.481 e. The molecule has 2 rings (SSSR count). The number of nitrogens with zero attached hydrogens (tertiary/aromatic N) is 3. The summed E-state index contributed by atoms with van der Waals surface area (Å²) in [7, 11) is 0. The zero-order chi connectivity index (χ0) is 22.1. The van der Waals surface area contributed by atoms with Crippen molar-refractivity contribution in [3.05, 3.63) is 38.4 Å². The summed E-state index contributed by atoms with van der Waals surface area (Å²) in [4.78, 5) is 43.9. The molecule has 1 saturated carbocycles. The van der Waals surface area contributed by atoms with Crippen LogP contribution in [0.3, 0.4) is 0 Å². The number of anilines is 1. The highest BCUT2D eigenvalue weighted by Gasteiger charge is 2.58. The predicted molar refractivity (Wildman–Crippen MR) is 101 cm³/mol. The van der Waals surface area contributed by atoms with E-state index in [1.807, 2.05) is 0 Å². The molecule has 2 atom stereocenters. The van der Waals surface area contributed by atoms with Crippen molar-refractivity contribution in [2.24, 2.45) is 21.8 Å². The van der Waals surface area contributed by atoms with E-state index in [0.29, 0.717) is 0 Å². The van der Waals surface area contributed by atoms with Crippen molar-refractivity contribution in [2.75, 3.05) is 5.43 Å². The van der Waals surface area contributed by atoms with E-state index in [1.54, 1.807) is 20.8 Å². The number of hydrogen-bond donors (Lipinski definition) is 3. The molecule has 29 heavy (non-hydrogen) atoms. The SMILES string of the molecule is CC1(C)[C@H](C(=O)O)CC[C@]1(C)/C(=N/Nc1ccc([N+](=O)[O-])cc1[N+](=O)[O-])C(=O)O. The number of nitro benzene ring substituents is 2. The zero-order valence-electron chi connectivity index (χ0n) is 15.9. The van der Waals surface area contributed by atoms with Gasteiger partial charge in [-0.15, -0.1) is 0 Å². The molecule has 156 valence electrons. The molecule has 0 bridgehead atoms. The fraction of sp³-hybridized carbons (Fsp3) is 0.471. The van der Waals surface area contributed by atoms with E-state index in [-0.39, 0.29) is 24.2 Å². The normalized spacial score (nSPS) is 23.4. The predicted octanol–water partition coefficient (Wildman–Crippen LogP) is 2.88. The van der Waals surface area contributed by atoms with Crippen LogP contribution in [0.15, 0.2) is 23.3 Å². The summed E-state index contributed by atoms with van der Waals surface area (Å²) in [6.45, 7) is 4.88. The number of nitro groups is 2. The van der Waals surface area contributed by atoms with Gasteiger partial charge in [-0.05, 0) is 24.3 Å². The summed E-state index contributed by atoms with van der Waals surface area (Å²) in [5.41, 5.74) is -1.52. The van der Waals surface area contributed by atoms with Crippen LogP contribution in [0, 0.1) is 37.0 Å². The highest BCUT2D eigenvalue weighted by molar-refractivity contribution is 6.38. The van der Waals surface area contributed by atoms with Crippen molar-refractivity contribution >= 4 is 34.7 Å². The van der Waals surface area contributed by atoms with Crippen molar-refractivity contribution in [3.63, 3.8) is 0 Å². The van der Waals surface area contributed by atoms with E-state index in [9.17, 15) is 40.0 Å². The molecule has 0 aliphatic heterocycles. The maximum absolute atomic E-state index is 11.9. The highest BCUT2D eigenvalue weighted by atomic mass is 16.6. The third-order valence-corrected chi connectivity index (χ3v) is 5.93. The highest BCUT2D eigenvalue weighted by Crippen LogP contribution is 2.56. The Bertz CT molecular complexity index is 926. The standard InChI is InChI=1S/C17H20N4O8/c1-16(2)10(14(22)23)6-7-17(16,3)13(15(24)25)19-18-11-5-4-9(20(26)27)8-12(11)21(28)29/h4-5,8,10,18H,6-7H2,1-3H3,(H,22,23)(H,24,25)/b19-13+/t10-,17+/m0/s1. The van der Waals surface area contributed by atoms with E-state index in [0.717, 1.165) is 18.2 Å². The van der Waals surface area contributed by atoms with Gasteiger partial charge in [0.2, 0.25) is 0 Å². The van der Waals surface area contributed by atoms with Crippen LogP contribution in [0.2, 0.25) is 0 Å². The van der Waals surface area contributed by atoms with Crippen molar-refractivity contribution in [2.45, 2.75) is 33.6 Å². The molecule has 12 nitrogen and oxygen atoms in total. The Labute approximate surface area is 164 Å². The Morgan fingerprint density at radius 2 is 1.79 bits per heavy atom. The number of carboxylic acids is 2. The number of hydrazone groups is 1. The Kier molecular flexibility index (Phi) is 5.58. The number of benzene rings is 1. The first-order valence-electron chi connectivity index (χ1n) is 8.56. The molecule has 1 fully saturated rings. The summed E-state index contributed by atoms with van der Waals surface area (Å²) in [6, 6.07) is 2.81. The number of non-ortho nitro benzene ring substituents is 1. The second-order valence-corrected chi connectivity index (χ2v) is 7.58. The molecule has 0 unspecified atom stereocenters. The Morgan fingerprint density at radius 1 is 1.17 bits per heavy atom. The molecule has 0 spiro atoms. The molecule has 1 aliphatic carbocycles. The van der Waals surface area contributed by atoms with Crippen LogP contribution < -0.4 is 5.43 Å². The van der Waals surface area contributed by atoms with E-state index in [4.69, 9.17) is 0 Å². The lowest BCUT2D eigenvalue weighted by Gasteiger charge is -2.39. The van der Waals surface area contributed by atoms with Gasteiger partial charge in [0, 0.05) is 11.5 Å². The van der Waals surface area contributed by atoms with Crippen molar-refractivity contribution in [1.82, 2.24) is 0 Å². The van der Waals surface area contributed by atoms with Crippen LogP contribution in [-0.4, -0.2) is 37.7 Å². The topological polar surface area (TPSA) is 185 Å². The van der Waals surface area contributed by atoms with Crippen LogP contribution in [0.5, 0.6) is 0 Å². The van der Waals surface area contributed by atoms with Crippen molar-refractivity contribution in [3.8, 4) is 0 Å². The largest absolute Gasteiger partial charge is 0.481 e. The fourth-order valence-corrected chi connectivity index (χ4v) is 3.76. The molecule has 0 aromatic heterocycles. The van der Waals surface area contributed by atoms with Crippen LogP contribution in [0.25, 0.3) is 0 Å². The third-order valence-electron chi connectivity index (χ3n) is 5.93. The lowest BCUT2D eigenvalue weighted by Crippen LogP contribution is -2.46. The molecule has 1 aromatic rings. The summed E-state index contributed by atoms with van der Waals surface area (Å²) in [5, 5.41) is 45.0. The van der Waals surface area contributed by atoms with Gasteiger partial charge in [0.1, 0.15) is 5.69 Å². The molecule has 0 amide bonds. The number of hydrogen-bond acceptors (Lipinski definition) is 8. The molecule has 0 saturated heterocycles. The summed E-state index contributed by atoms with van der Waals surface area (Å²) < 4.78 is 0. The maximum Gasteiger partial charge on any atom is 0.352 e. The fourth-order valence-electron chi connectivity index (χ4n) is 3.76. The van der Waals surface area contributed by atoms with Gasteiger partial charge >= 0.3 is 17.6 Å². The van der Waals surface area contributed by atoms with Crippen LogP contribution in [0.1, 0.15) is 33.6 Å². The second-order valence-electron chi connectivity index (χ2n) is 7.58. The van der Waals surface area contributed by atoms with Crippen LogP contribution in [-0.2, 0) is 9.59 Å². The smallest absolute Gasteiger partial charge is 0.352 e. The molecule has 3 N–H and O–H groups in total. The van der Waals surface area contributed by atoms with Gasteiger partial charge in [-0.3, -0.25) is 30.4 Å². The molecule has 1 aliphatic rings. The van der Waals surface area contributed by atoms with Gasteiger partial charge in [-0.2, -0.15) is 5.10 Å². The van der Waals surface area contributed by atoms with Gasteiger partial charge in [0.25, 0.3) is 5.69 Å². The summed E-state index contributed by atoms with van der Waals surface area (Å²) in [6.07, 6.45) is 0.495. The number of carbonyl (C=O) groups is 2. The second kappa shape index (κ2) is 7.45. The molecule has 1 aromatic carbocycles. The van der Waals surface area contributed by atoms with E-state index in [2.05, 4.69) is 10.5 Å². The summed E-state index contributed by atoms with van der Waals surface area (Å²) >= 11 is 0. The Balaban J connectivity index is 2.48. The van der Waals surface area contributed by atoms with Gasteiger partial charge in [-0.1, -0.05) is 20.8 Å². The van der Waals surface area contributed by atoms with Gasteiger partial charge in [0.15, 0.2) is 5.71 Å². The Hall–Kier alpha value is -3.57. The first-order chi connectivity index (χ1) is 13.3. The number of carboxylic acid groups (broad SMARTS) is 2. The lowest BCUT2D eigenvalue weighted by atomic mass is 9.63. The van der Waals surface area contributed by atoms with E-state index < -0.39 is 49.9 Å². The number of rotatable bonds is 7. The Morgan fingerprint density at radius 3 is 2.24 bits per heavy atom. The van der Waals surface area contributed by atoms with Crippen LogP contribution >= 0.6 is 0 Å². The third kappa shape index (κ3) is 3.73. The van der Waals surface area contributed by atoms with Crippen LogP contribution in [0.4, 0.5) is 17.1 Å². The van der Waals surface area contributed by atoms with Gasteiger partial charge in [0.05, 0.1) is 21.8 Å². The van der Waals surface area contributed by atoms with Crippen molar-refractivity contribution < 1.29 is 29.6 Å². The molecule has 0 heterocycles. The minimum atomic E-state index is -1.40. The first kappa shape index (κ1) is 21.7. The first-order valence-corrected chi connectivity index (χ1v) is 8.56. The number of aliphatic carboxylic acids is 2. The minimum absolute atomic E-state index is 0.228. The summed E-state index contributed by atoms with van der Waals surface area (Å²) in [5.74, 6) is -3.23. The lowest BCUT2D eigenvalue weighted by molar-refractivity contribution is -0.393. The molecule has 0 radical (unpaired) electrons. The van der Waals surface area contributed by atoms with Crippen molar-refractivity contribution in [1.29, 1.82) is 0 Å².